The topological polar surface area (TPSA) is 73.9 Å². The highest BCUT2D eigenvalue weighted by Gasteiger charge is 2.42. The Morgan fingerprint density at radius 3 is 2.36 bits per heavy atom. The molecule has 0 spiro atoms. The van der Waals surface area contributed by atoms with Gasteiger partial charge >= 0.3 is 5.97 Å². The molecule has 1 aliphatic rings. The largest absolute Gasteiger partial charge is 0.460 e. The summed E-state index contributed by atoms with van der Waals surface area (Å²) in [5, 5.41) is 0. The molecule has 1 heterocycles. The Bertz CT molecular complexity index is 617. The van der Waals surface area contributed by atoms with Crippen molar-refractivity contribution < 1.29 is 23.2 Å². The lowest BCUT2D eigenvalue weighted by atomic mass is 10.1. The van der Waals surface area contributed by atoms with E-state index in [0.717, 1.165) is 5.56 Å². The van der Waals surface area contributed by atoms with Gasteiger partial charge in [-0.3, -0.25) is 4.79 Å². The van der Waals surface area contributed by atoms with E-state index in [-0.39, 0.29) is 6.42 Å². The summed E-state index contributed by atoms with van der Waals surface area (Å²) < 4.78 is 32.4. The maximum Gasteiger partial charge on any atom is 0.308 e. The number of hydrogen-bond acceptors (Lipinski definition) is 5. The van der Waals surface area contributed by atoms with Gasteiger partial charge in [-0.2, -0.15) is 0 Å². The zero-order valence-corrected chi connectivity index (χ0v) is 16.3. The monoisotopic (exact) mass is 369 g/mol. The van der Waals surface area contributed by atoms with Crippen LogP contribution in [0.4, 0.5) is 0 Å². The minimum atomic E-state index is -1.50. The first-order chi connectivity index (χ1) is 11.6. The molecule has 1 N–H and O–H groups in total. The number of carbonyl (C=O) groups is 1. The minimum Gasteiger partial charge on any atom is -0.460 e. The van der Waals surface area contributed by atoms with Crippen molar-refractivity contribution in [3.05, 3.63) is 29.8 Å². The molecule has 140 valence electrons. The molecular weight excluding hydrogens is 342 g/mol. The Morgan fingerprint density at radius 2 is 1.84 bits per heavy atom. The molecule has 7 heteroatoms. The summed E-state index contributed by atoms with van der Waals surface area (Å²) in [6.45, 7) is 9.99. The van der Waals surface area contributed by atoms with Crippen molar-refractivity contribution in [2.75, 3.05) is 13.2 Å². The summed E-state index contributed by atoms with van der Waals surface area (Å²) in [5.74, 6) is -1.43. The summed E-state index contributed by atoms with van der Waals surface area (Å²) in [4.78, 5) is 12.9. The molecular formula is C18H27NO5S. The second kappa shape index (κ2) is 7.95. The fraction of sp³-hybridized carbons (Fsp3) is 0.611. The van der Waals surface area contributed by atoms with Crippen LogP contribution in [0.15, 0.2) is 29.2 Å². The molecule has 0 aliphatic carbocycles. The van der Waals surface area contributed by atoms with Crippen LogP contribution in [0.5, 0.6) is 0 Å². The average molecular weight is 369 g/mol. The number of aryl methyl sites for hydroxylation is 1. The molecule has 1 aromatic rings. The standard InChI is InChI=1S/C18H27NO5S/c1-13-6-8-14(9-7-13)25(21)19-15(18(5)22-10-11-23-18)12-16(20)24-17(2,3)4/h6-9,15,19H,10-12H2,1-5H3/t15-,25+/m1/s1. The third kappa shape index (κ3) is 5.88. The summed E-state index contributed by atoms with van der Waals surface area (Å²) in [5.41, 5.74) is 0.497. The lowest BCUT2D eigenvalue weighted by molar-refractivity contribution is -0.176. The highest BCUT2D eigenvalue weighted by molar-refractivity contribution is 7.83. The van der Waals surface area contributed by atoms with E-state index < -0.39 is 34.4 Å². The smallest absolute Gasteiger partial charge is 0.308 e. The SMILES string of the molecule is Cc1ccc([S@](=O)N[C@H](CC(=O)OC(C)(C)C)C2(C)OCCO2)cc1. The van der Waals surface area contributed by atoms with Crippen molar-refractivity contribution in [1.29, 1.82) is 0 Å². The Kier molecular flexibility index (Phi) is 6.37. The van der Waals surface area contributed by atoms with E-state index in [1.54, 1.807) is 19.1 Å². The van der Waals surface area contributed by atoms with Gasteiger partial charge in [0, 0.05) is 0 Å². The van der Waals surface area contributed by atoms with E-state index in [9.17, 15) is 9.00 Å². The lowest BCUT2D eigenvalue weighted by Crippen LogP contribution is -2.51. The van der Waals surface area contributed by atoms with Gasteiger partial charge in [-0.1, -0.05) is 17.7 Å². The van der Waals surface area contributed by atoms with Crippen molar-refractivity contribution in [1.82, 2.24) is 4.72 Å². The van der Waals surface area contributed by atoms with Crippen molar-refractivity contribution in [3.63, 3.8) is 0 Å². The van der Waals surface area contributed by atoms with Gasteiger partial charge < -0.3 is 14.2 Å². The zero-order chi connectivity index (χ0) is 18.7. The highest BCUT2D eigenvalue weighted by atomic mass is 32.2. The third-order valence-corrected chi connectivity index (χ3v) is 4.97. The normalized spacial score (nSPS) is 19.4. The number of nitrogens with one attached hydrogen (secondary N) is 1. The molecule has 0 bridgehead atoms. The van der Waals surface area contributed by atoms with E-state index in [1.807, 2.05) is 39.8 Å². The predicted molar refractivity (Wildman–Crippen MR) is 95.3 cm³/mol. The van der Waals surface area contributed by atoms with E-state index in [1.165, 1.54) is 0 Å². The first-order valence-corrected chi connectivity index (χ1v) is 9.48. The number of ether oxygens (including phenoxy) is 3. The van der Waals surface area contributed by atoms with Crippen LogP contribution in [0.2, 0.25) is 0 Å². The van der Waals surface area contributed by atoms with Gasteiger partial charge in [0.05, 0.1) is 30.6 Å². The van der Waals surface area contributed by atoms with Gasteiger partial charge in [-0.15, -0.1) is 0 Å². The molecule has 1 fully saturated rings. The van der Waals surface area contributed by atoms with Crippen LogP contribution in [0.25, 0.3) is 0 Å². The Balaban J connectivity index is 2.12. The molecule has 0 radical (unpaired) electrons. The van der Waals surface area contributed by atoms with E-state index >= 15 is 0 Å². The predicted octanol–water partition coefficient (Wildman–Crippen LogP) is 2.47. The summed E-state index contributed by atoms with van der Waals surface area (Å²) in [7, 11) is -1.50. The fourth-order valence-corrected chi connectivity index (χ4v) is 3.55. The Morgan fingerprint density at radius 1 is 1.28 bits per heavy atom. The maximum absolute atomic E-state index is 12.7. The molecule has 0 amide bonds. The Labute approximate surface area is 151 Å². The molecule has 6 nitrogen and oxygen atoms in total. The first-order valence-electron chi connectivity index (χ1n) is 8.33. The van der Waals surface area contributed by atoms with Crippen molar-refractivity contribution in [2.45, 2.75) is 63.4 Å². The Hall–Kier alpha value is -1.28. The number of hydrogen-bond donors (Lipinski definition) is 1. The maximum atomic E-state index is 12.7. The van der Waals surface area contributed by atoms with E-state index in [4.69, 9.17) is 14.2 Å². The van der Waals surface area contributed by atoms with Crippen LogP contribution in [0, 0.1) is 6.92 Å². The van der Waals surface area contributed by atoms with Crippen LogP contribution in [-0.4, -0.2) is 40.8 Å². The molecule has 0 aromatic heterocycles. The molecule has 25 heavy (non-hydrogen) atoms. The fourth-order valence-electron chi connectivity index (χ4n) is 2.47. The van der Waals surface area contributed by atoms with Crippen LogP contribution in [0.1, 0.15) is 39.7 Å². The van der Waals surface area contributed by atoms with Gasteiger partial charge in [0.15, 0.2) is 5.79 Å². The van der Waals surface area contributed by atoms with Gasteiger partial charge in [0.25, 0.3) is 0 Å². The second-order valence-electron chi connectivity index (χ2n) is 7.26. The van der Waals surface area contributed by atoms with Gasteiger partial charge in [-0.05, 0) is 46.8 Å². The van der Waals surface area contributed by atoms with Gasteiger partial charge in [0.2, 0.25) is 0 Å². The van der Waals surface area contributed by atoms with Crippen LogP contribution < -0.4 is 4.72 Å². The molecule has 2 atom stereocenters. The van der Waals surface area contributed by atoms with E-state index in [0.29, 0.717) is 18.1 Å². The number of esters is 1. The second-order valence-corrected chi connectivity index (χ2v) is 8.50. The van der Waals surface area contributed by atoms with Crippen LogP contribution in [0.3, 0.4) is 0 Å². The molecule has 0 saturated carbocycles. The molecule has 1 aliphatic heterocycles. The number of benzene rings is 1. The lowest BCUT2D eigenvalue weighted by Gasteiger charge is -2.32. The first kappa shape index (κ1) is 20.0. The van der Waals surface area contributed by atoms with Gasteiger partial charge in [0.1, 0.15) is 16.6 Å². The summed E-state index contributed by atoms with van der Waals surface area (Å²) >= 11 is 0. The molecule has 1 saturated heterocycles. The zero-order valence-electron chi connectivity index (χ0n) is 15.5. The van der Waals surface area contributed by atoms with Crippen molar-refractivity contribution in [2.24, 2.45) is 0 Å². The van der Waals surface area contributed by atoms with Crippen molar-refractivity contribution in [3.8, 4) is 0 Å². The summed E-state index contributed by atoms with van der Waals surface area (Å²) in [6.07, 6.45) is -0.00856. The average Bonchev–Trinajstić information content (AvgIpc) is 2.93. The summed E-state index contributed by atoms with van der Waals surface area (Å²) in [6, 6.07) is 6.76. The third-order valence-electron chi connectivity index (χ3n) is 3.77. The minimum absolute atomic E-state index is 0.00856. The number of rotatable bonds is 6. The van der Waals surface area contributed by atoms with Crippen molar-refractivity contribution >= 4 is 17.0 Å². The molecule has 1 aromatic carbocycles. The van der Waals surface area contributed by atoms with E-state index in [2.05, 4.69) is 4.72 Å². The van der Waals surface area contributed by atoms with Crippen LogP contribution in [-0.2, 0) is 30.0 Å². The highest BCUT2D eigenvalue weighted by Crippen LogP contribution is 2.26. The number of carbonyl (C=O) groups excluding carboxylic acids is 1. The van der Waals surface area contributed by atoms with Crippen LogP contribution >= 0.6 is 0 Å². The molecule has 2 rings (SSSR count). The quantitative estimate of drug-likeness (QED) is 0.780. The molecule has 0 unspecified atom stereocenters. The van der Waals surface area contributed by atoms with Gasteiger partial charge in [-0.25, -0.2) is 8.93 Å².